The van der Waals surface area contributed by atoms with E-state index in [1.807, 2.05) is 37.4 Å². The summed E-state index contributed by atoms with van der Waals surface area (Å²) in [7, 11) is 1.65. The first kappa shape index (κ1) is 15.3. The van der Waals surface area contributed by atoms with Crippen LogP contribution in [0.3, 0.4) is 0 Å². The summed E-state index contributed by atoms with van der Waals surface area (Å²) in [5, 5.41) is 3.37. The standard InChI is InChI=1S/C17H22N2O2/c1-4-9-18-11-14-10-13(2)17(19-12-14)21-16-7-5-15(20-3)6-8-16/h5-8,10,12,18H,4,9,11H2,1-3H3. The minimum absolute atomic E-state index is 0.638. The second-order valence-corrected chi connectivity index (χ2v) is 4.92. The maximum Gasteiger partial charge on any atom is 0.222 e. The molecule has 2 rings (SSSR count). The molecule has 2 aromatic rings. The Balaban J connectivity index is 2.02. The first-order valence-corrected chi connectivity index (χ1v) is 7.21. The summed E-state index contributed by atoms with van der Waals surface area (Å²) < 4.78 is 10.9. The van der Waals surface area contributed by atoms with Gasteiger partial charge in [0, 0.05) is 18.3 Å². The lowest BCUT2D eigenvalue weighted by Crippen LogP contribution is -2.14. The van der Waals surface area contributed by atoms with Crippen LogP contribution in [0, 0.1) is 6.92 Å². The van der Waals surface area contributed by atoms with Crippen molar-refractivity contribution in [2.24, 2.45) is 0 Å². The van der Waals surface area contributed by atoms with Gasteiger partial charge in [0.15, 0.2) is 0 Å². The van der Waals surface area contributed by atoms with Crippen molar-refractivity contribution in [3.8, 4) is 17.4 Å². The molecular formula is C17H22N2O2. The molecule has 1 aromatic heterocycles. The van der Waals surface area contributed by atoms with Gasteiger partial charge in [-0.05, 0) is 55.8 Å². The lowest BCUT2D eigenvalue weighted by Gasteiger charge is -2.10. The number of methoxy groups -OCH3 is 1. The fourth-order valence-corrected chi connectivity index (χ4v) is 1.99. The van der Waals surface area contributed by atoms with Crippen LogP contribution in [-0.4, -0.2) is 18.6 Å². The molecule has 0 saturated carbocycles. The topological polar surface area (TPSA) is 43.4 Å². The Morgan fingerprint density at radius 3 is 2.48 bits per heavy atom. The van der Waals surface area contributed by atoms with Gasteiger partial charge in [-0.3, -0.25) is 0 Å². The van der Waals surface area contributed by atoms with Crippen LogP contribution in [0.25, 0.3) is 0 Å². The highest BCUT2D eigenvalue weighted by Crippen LogP contribution is 2.25. The molecule has 0 spiro atoms. The zero-order valence-corrected chi connectivity index (χ0v) is 12.8. The zero-order chi connectivity index (χ0) is 15.1. The highest BCUT2D eigenvalue weighted by atomic mass is 16.5. The predicted molar refractivity (Wildman–Crippen MR) is 84.0 cm³/mol. The van der Waals surface area contributed by atoms with Gasteiger partial charge in [-0.15, -0.1) is 0 Å². The number of aromatic nitrogens is 1. The fraction of sp³-hybridized carbons (Fsp3) is 0.353. The zero-order valence-electron chi connectivity index (χ0n) is 12.8. The Kier molecular flexibility index (Phi) is 5.58. The normalized spacial score (nSPS) is 10.4. The summed E-state index contributed by atoms with van der Waals surface area (Å²) >= 11 is 0. The van der Waals surface area contributed by atoms with Gasteiger partial charge in [0.25, 0.3) is 0 Å². The smallest absolute Gasteiger partial charge is 0.222 e. The lowest BCUT2D eigenvalue weighted by molar-refractivity contribution is 0.412. The maximum absolute atomic E-state index is 5.80. The van der Waals surface area contributed by atoms with Crippen molar-refractivity contribution in [3.63, 3.8) is 0 Å². The van der Waals surface area contributed by atoms with Crippen LogP contribution in [0.15, 0.2) is 36.5 Å². The van der Waals surface area contributed by atoms with Crippen molar-refractivity contribution in [1.82, 2.24) is 10.3 Å². The molecule has 0 unspecified atom stereocenters. The van der Waals surface area contributed by atoms with E-state index in [0.717, 1.165) is 36.6 Å². The van der Waals surface area contributed by atoms with Gasteiger partial charge in [-0.1, -0.05) is 6.92 Å². The molecule has 0 aliphatic rings. The van der Waals surface area contributed by atoms with E-state index in [9.17, 15) is 0 Å². The molecule has 4 nitrogen and oxygen atoms in total. The Morgan fingerprint density at radius 2 is 1.86 bits per heavy atom. The van der Waals surface area contributed by atoms with E-state index in [0.29, 0.717) is 5.88 Å². The third kappa shape index (κ3) is 4.46. The first-order valence-electron chi connectivity index (χ1n) is 7.21. The summed E-state index contributed by atoms with van der Waals surface area (Å²) in [4.78, 5) is 4.40. The summed E-state index contributed by atoms with van der Waals surface area (Å²) in [5.74, 6) is 2.20. The number of nitrogens with zero attached hydrogens (tertiary/aromatic N) is 1. The van der Waals surface area contributed by atoms with E-state index in [-0.39, 0.29) is 0 Å². The monoisotopic (exact) mass is 286 g/mol. The second-order valence-electron chi connectivity index (χ2n) is 4.92. The molecule has 0 radical (unpaired) electrons. The number of hydrogen-bond donors (Lipinski definition) is 1. The van der Waals surface area contributed by atoms with Crippen LogP contribution in [0.1, 0.15) is 24.5 Å². The van der Waals surface area contributed by atoms with Crippen molar-refractivity contribution in [2.75, 3.05) is 13.7 Å². The molecule has 1 aromatic carbocycles. The van der Waals surface area contributed by atoms with Gasteiger partial charge in [0.2, 0.25) is 5.88 Å². The molecule has 0 aliphatic heterocycles. The Hall–Kier alpha value is -2.07. The molecule has 0 amide bonds. The average Bonchev–Trinajstić information content (AvgIpc) is 2.51. The third-order valence-electron chi connectivity index (χ3n) is 3.12. The summed E-state index contributed by atoms with van der Waals surface area (Å²) in [6.07, 6.45) is 2.99. The van der Waals surface area contributed by atoms with Crippen molar-refractivity contribution >= 4 is 0 Å². The largest absolute Gasteiger partial charge is 0.497 e. The number of ether oxygens (including phenoxy) is 2. The average molecular weight is 286 g/mol. The molecule has 0 saturated heterocycles. The number of aryl methyl sites for hydroxylation is 1. The Labute approximate surface area is 126 Å². The van der Waals surface area contributed by atoms with Crippen molar-refractivity contribution in [1.29, 1.82) is 0 Å². The lowest BCUT2D eigenvalue weighted by atomic mass is 10.2. The Morgan fingerprint density at radius 1 is 1.14 bits per heavy atom. The van der Waals surface area contributed by atoms with Gasteiger partial charge in [-0.2, -0.15) is 0 Å². The van der Waals surface area contributed by atoms with Crippen molar-refractivity contribution in [3.05, 3.63) is 47.7 Å². The number of rotatable bonds is 7. The number of hydrogen-bond acceptors (Lipinski definition) is 4. The summed E-state index contributed by atoms with van der Waals surface area (Å²) in [6.45, 7) is 6.02. The molecule has 1 N–H and O–H groups in total. The van der Waals surface area contributed by atoms with Crippen LogP contribution >= 0.6 is 0 Å². The highest BCUT2D eigenvalue weighted by Gasteiger charge is 2.05. The molecule has 0 fully saturated rings. The predicted octanol–water partition coefficient (Wildman–Crippen LogP) is 3.69. The van der Waals surface area contributed by atoms with Crippen LogP contribution < -0.4 is 14.8 Å². The molecule has 21 heavy (non-hydrogen) atoms. The molecule has 0 atom stereocenters. The quantitative estimate of drug-likeness (QED) is 0.788. The van der Waals surface area contributed by atoms with Crippen molar-refractivity contribution < 1.29 is 9.47 Å². The van der Waals surface area contributed by atoms with Gasteiger partial charge < -0.3 is 14.8 Å². The van der Waals surface area contributed by atoms with Gasteiger partial charge in [0.05, 0.1) is 7.11 Å². The minimum Gasteiger partial charge on any atom is -0.497 e. The molecule has 1 heterocycles. The molecular weight excluding hydrogens is 264 g/mol. The maximum atomic E-state index is 5.80. The Bertz CT molecular complexity index is 568. The first-order chi connectivity index (χ1) is 10.2. The number of pyridine rings is 1. The van der Waals surface area contributed by atoms with E-state index in [4.69, 9.17) is 9.47 Å². The highest BCUT2D eigenvalue weighted by molar-refractivity contribution is 5.36. The van der Waals surface area contributed by atoms with E-state index in [1.54, 1.807) is 7.11 Å². The van der Waals surface area contributed by atoms with E-state index in [1.165, 1.54) is 5.56 Å². The molecule has 112 valence electrons. The van der Waals surface area contributed by atoms with E-state index >= 15 is 0 Å². The second kappa shape index (κ2) is 7.64. The number of benzene rings is 1. The summed E-state index contributed by atoms with van der Waals surface area (Å²) in [6, 6.07) is 9.59. The van der Waals surface area contributed by atoms with Crippen LogP contribution in [0.2, 0.25) is 0 Å². The van der Waals surface area contributed by atoms with Gasteiger partial charge >= 0.3 is 0 Å². The summed E-state index contributed by atoms with van der Waals surface area (Å²) in [5.41, 5.74) is 2.20. The fourth-order valence-electron chi connectivity index (χ4n) is 1.99. The van der Waals surface area contributed by atoms with E-state index < -0.39 is 0 Å². The molecule has 0 bridgehead atoms. The van der Waals surface area contributed by atoms with Crippen LogP contribution in [-0.2, 0) is 6.54 Å². The van der Waals surface area contributed by atoms with Crippen molar-refractivity contribution in [2.45, 2.75) is 26.8 Å². The van der Waals surface area contributed by atoms with Gasteiger partial charge in [-0.25, -0.2) is 4.98 Å². The third-order valence-corrected chi connectivity index (χ3v) is 3.12. The van der Waals surface area contributed by atoms with Gasteiger partial charge in [0.1, 0.15) is 11.5 Å². The SMILES string of the molecule is CCCNCc1cnc(Oc2ccc(OC)cc2)c(C)c1. The van der Waals surface area contributed by atoms with Crippen LogP contribution in [0.4, 0.5) is 0 Å². The minimum atomic E-state index is 0.638. The number of nitrogens with one attached hydrogen (secondary N) is 1. The molecule has 4 heteroatoms. The van der Waals surface area contributed by atoms with Crippen LogP contribution in [0.5, 0.6) is 17.4 Å². The molecule has 0 aliphatic carbocycles. The van der Waals surface area contributed by atoms with E-state index in [2.05, 4.69) is 23.3 Å².